The first-order valence-electron chi connectivity index (χ1n) is 12.1. The Morgan fingerprint density at radius 3 is 2.66 bits per heavy atom. The van der Waals surface area contributed by atoms with Crippen molar-refractivity contribution in [2.24, 2.45) is 11.5 Å². The lowest BCUT2D eigenvalue weighted by atomic mass is 9.84. The van der Waals surface area contributed by atoms with E-state index < -0.39 is 6.04 Å². The molecule has 3 aromatic rings. The number of hydrogen-bond acceptors (Lipinski definition) is 7. The quantitative estimate of drug-likeness (QED) is 0.331. The minimum atomic E-state index is -0.612. The van der Waals surface area contributed by atoms with E-state index in [0.717, 1.165) is 22.9 Å². The van der Waals surface area contributed by atoms with E-state index >= 15 is 0 Å². The molecule has 2 aromatic heterocycles. The minimum Gasteiger partial charge on any atom is -0.346 e. The molecule has 9 heteroatoms. The van der Waals surface area contributed by atoms with Gasteiger partial charge in [0.2, 0.25) is 5.91 Å². The van der Waals surface area contributed by atoms with Crippen LogP contribution in [-0.2, 0) is 10.2 Å². The highest BCUT2D eigenvalue weighted by Crippen LogP contribution is 2.31. The molecule has 0 saturated heterocycles. The number of aromatic nitrogens is 2. The average Bonchev–Trinajstić information content (AvgIpc) is 3.31. The van der Waals surface area contributed by atoms with E-state index in [1.54, 1.807) is 11.6 Å². The van der Waals surface area contributed by atoms with Gasteiger partial charge in [-0.15, -0.1) is 11.3 Å². The normalized spacial score (nSPS) is 13.4. The van der Waals surface area contributed by atoms with E-state index in [1.165, 1.54) is 11.3 Å². The highest BCUT2D eigenvalue weighted by Gasteiger charge is 2.23. The molecule has 2 atom stereocenters. The van der Waals surface area contributed by atoms with Crippen LogP contribution in [0.25, 0.3) is 10.9 Å². The van der Waals surface area contributed by atoms with Crippen molar-refractivity contribution in [2.75, 3.05) is 11.9 Å². The molecular formula is C26H36N6O2S. The van der Waals surface area contributed by atoms with Gasteiger partial charge in [-0.05, 0) is 48.9 Å². The molecule has 0 unspecified atom stereocenters. The molecule has 0 aliphatic heterocycles. The van der Waals surface area contributed by atoms with Crippen LogP contribution in [0.2, 0.25) is 0 Å². The number of hydrogen-bond donors (Lipinski definition) is 4. The summed E-state index contributed by atoms with van der Waals surface area (Å²) in [6.45, 7) is 8.99. The second-order valence-corrected chi connectivity index (χ2v) is 10.6. The summed E-state index contributed by atoms with van der Waals surface area (Å²) in [7, 11) is 0. The number of fused-ring (bicyclic) bond motifs is 1. The fraction of sp³-hybridized carbons (Fsp3) is 0.462. The number of anilines is 1. The van der Waals surface area contributed by atoms with Gasteiger partial charge in [0, 0.05) is 10.8 Å². The van der Waals surface area contributed by atoms with Gasteiger partial charge in [0.1, 0.15) is 10.7 Å². The number of carbonyl (C=O) groups is 2. The monoisotopic (exact) mass is 496 g/mol. The number of nitrogens with two attached hydrogens (primary N) is 2. The Labute approximate surface area is 210 Å². The number of nitrogens with one attached hydrogen (secondary N) is 2. The van der Waals surface area contributed by atoms with Crippen LogP contribution in [0, 0.1) is 0 Å². The summed E-state index contributed by atoms with van der Waals surface area (Å²) < 4.78 is 0. The largest absolute Gasteiger partial charge is 0.346 e. The molecule has 8 nitrogen and oxygen atoms in total. The Bertz CT molecular complexity index is 1170. The predicted molar refractivity (Wildman–Crippen MR) is 143 cm³/mol. The van der Waals surface area contributed by atoms with Gasteiger partial charge in [0.25, 0.3) is 5.91 Å². The van der Waals surface area contributed by atoms with E-state index in [0.29, 0.717) is 42.2 Å². The summed E-state index contributed by atoms with van der Waals surface area (Å²) in [5, 5.41) is 9.31. The van der Waals surface area contributed by atoms with Crippen molar-refractivity contribution in [1.29, 1.82) is 0 Å². The number of nitrogens with zero attached hydrogens (tertiary/aromatic N) is 2. The number of rotatable bonds is 10. The lowest BCUT2D eigenvalue weighted by Gasteiger charge is -2.21. The Morgan fingerprint density at radius 2 is 1.97 bits per heavy atom. The fourth-order valence-corrected chi connectivity index (χ4v) is 4.80. The lowest BCUT2D eigenvalue weighted by Crippen LogP contribution is -2.42. The molecule has 1 aromatic carbocycles. The SMILES string of the molecule is CCC[C@@H](NC(=O)[C@H](N)CCCN)c1nc(C(=O)Nc2cnc3cccc(C(C)(C)C)c3c2)cs1. The van der Waals surface area contributed by atoms with Crippen LogP contribution in [0.15, 0.2) is 35.8 Å². The van der Waals surface area contributed by atoms with E-state index in [2.05, 4.69) is 47.4 Å². The van der Waals surface area contributed by atoms with Crippen LogP contribution in [0.5, 0.6) is 0 Å². The van der Waals surface area contributed by atoms with Crippen LogP contribution >= 0.6 is 11.3 Å². The van der Waals surface area contributed by atoms with Gasteiger partial charge < -0.3 is 22.1 Å². The first kappa shape index (κ1) is 26.7. The molecule has 6 N–H and O–H groups in total. The number of amides is 2. The molecule has 0 radical (unpaired) electrons. The summed E-state index contributed by atoms with van der Waals surface area (Å²) in [6.07, 6.45) is 4.43. The van der Waals surface area contributed by atoms with Crippen molar-refractivity contribution in [3.63, 3.8) is 0 Å². The van der Waals surface area contributed by atoms with Gasteiger partial charge in [0.15, 0.2) is 0 Å². The number of pyridine rings is 1. The molecule has 3 rings (SSSR count). The molecule has 0 saturated carbocycles. The Morgan fingerprint density at radius 1 is 1.20 bits per heavy atom. The maximum absolute atomic E-state index is 13.0. The third kappa shape index (κ3) is 6.84. The van der Waals surface area contributed by atoms with Crippen LogP contribution in [0.3, 0.4) is 0 Å². The molecule has 0 aliphatic rings. The maximum atomic E-state index is 13.0. The fourth-order valence-electron chi connectivity index (χ4n) is 3.91. The van der Waals surface area contributed by atoms with E-state index in [1.807, 2.05) is 25.1 Å². The number of benzene rings is 1. The lowest BCUT2D eigenvalue weighted by molar-refractivity contribution is -0.123. The standard InChI is InChI=1S/C26H36N6O2S/c1-5-8-21(31-23(33)19(28)10-7-12-27)25-32-22(15-35-25)24(34)30-16-13-17-18(26(2,3)4)9-6-11-20(17)29-14-16/h6,9,11,13-15,19,21H,5,7-8,10,12,27-28H2,1-4H3,(H,30,34)(H,31,33)/t19-,21-/m1/s1. The van der Waals surface area contributed by atoms with Gasteiger partial charge >= 0.3 is 0 Å². The molecule has 2 heterocycles. The number of thiazole rings is 1. The van der Waals surface area contributed by atoms with Gasteiger partial charge in [-0.2, -0.15) is 0 Å². The predicted octanol–water partition coefficient (Wildman–Crippen LogP) is 4.26. The molecule has 0 aliphatic carbocycles. The Hall–Kier alpha value is -2.88. The van der Waals surface area contributed by atoms with Crippen LogP contribution in [-0.4, -0.2) is 34.4 Å². The zero-order chi connectivity index (χ0) is 25.6. The van der Waals surface area contributed by atoms with E-state index in [9.17, 15) is 9.59 Å². The van der Waals surface area contributed by atoms with Crippen molar-refractivity contribution in [2.45, 2.75) is 70.9 Å². The van der Waals surface area contributed by atoms with Crippen molar-refractivity contribution >= 4 is 39.7 Å². The topological polar surface area (TPSA) is 136 Å². The van der Waals surface area contributed by atoms with Crippen LogP contribution in [0.1, 0.15) is 80.5 Å². The Kier molecular flexibility index (Phi) is 8.93. The van der Waals surface area contributed by atoms with Gasteiger partial charge in [-0.1, -0.05) is 46.2 Å². The van der Waals surface area contributed by atoms with Crippen molar-refractivity contribution in [3.05, 3.63) is 52.1 Å². The molecule has 35 heavy (non-hydrogen) atoms. The van der Waals surface area contributed by atoms with Crippen molar-refractivity contribution in [1.82, 2.24) is 15.3 Å². The minimum absolute atomic E-state index is 0.0563. The smallest absolute Gasteiger partial charge is 0.275 e. The first-order valence-corrected chi connectivity index (χ1v) is 12.9. The zero-order valence-corrected chi connectivity index (χ0v) is 21.7. The second-order valence-electron chi connectivity index (χ2n) is 9.76. The summed E-state index contributed by atoms with van der Waals surface area (Å²) in [4.78, 5) is 34.5. The zero-order valence-electron chi connectivity index (χ0n) is 20.9. The average molecular weight is 497 g/mol. The van der Waals surface area contributed by atoms with E-state index in [-0.39, 0.29) is 23.3 Å². The highest BCUT2D eigenvalue weighted by molar-refractivity contribution is 7.10. The summed E-state index contributed by atoms with van der Waals surface area (Å²) >= 11 is 1.35. The third-order valence-electron chi connectivity index (χ3n) is 5.79. The van der Waals surface area contributed by atoms with Crippen molar-refractivity contribution < 1.29 is 9.59 Å². The third-order valence-corrected chi connectivity index (χ3v) is 6.75. The summed E-state index contributed by atoms with van der Waals surface area (Å²) in [5.41, 5.74) is 14.4. The van der Waals surface area contributed by atoms with Crippen LogP contribution in [0.4, 0.5) is 5.69 Å². The second kappa shape index (κ2) is 11.7. The van der Waals surface area contributed by atoms with Gasteiger partial charge in [0.05, 0.1) is 29.5 Å². The maximum Gasteiger partial charge on any atom is 0.275 e. The molecule has 2 amide bonds. The van der Waals surface area contributed by atoms with Gasteiger partial charge in [-0.3, -0.25) is 14.6 Å². The molecular weight excluding hydrogens is 460 g/mol. The molecule has 0 fully saturated rings. The summed E-state index contributed by atoms with van der Waals surface area (Å²) in [6, 6.07) is 7.11. The first-order chi connectivity index (χ1) is 16.6. The Balaban J connectivity index is 1.75. The number of carbonyl (C=O) groups excluding carboxylic acids is 2. The van der Waals surface area contributed by atoms with Crippen molar-refractivity contribution in [3.8, 4) is 0 Å². The molecule has 188 valence electrons. The highest BCUT2D eigenvalue weighted by atomic mass is 32.1. The summed E-state index contributed by atoms with van der Waals surface area (Å²) in [5.74, 6) is -0.543. The van der Waals surface area contributed by atoms with Gasteiger partial charge in [-0.25, -0.2) is 4.98 Å². The van der Waals surface area contributed by atoms with E-state index in [4.69, 9.17) is 11.5 Å². The molecule has 0 spiro atoms. The molecule has 0 bridgehead atoms. The van der Waals surface area contributed by atoms with Crippen LogP contribution < -0.4 is 22.1 Å².